The van der Waals surface area contributed by atoms with Gasteiger partial charge in [-0.05, 0) is 38.1 Å². The molecule has 4 rings (SSSR count). The van der Waals surface area contributed by atoms with E-state index >= 15 is 0 Å². The molecular weight excluding hydrogens is 464 g/mol. The minimum atomic E-state index is -0.131. The summed E-state index contributed by atoms with van der Waals surface area (Å²) in [7, 11) is 0. The van der Waals surface area contributed by atoms with Crippen molar-refractivity contribution in [2.45, 2.75) is 23.3 Å². The van der Waals surface area contributed by atoms with Crippen LogP contribution in [0.15, 0.2) is 58.0 Å². The van der Waals surface area contributed by atoms with Crippen LogP contribution in [0.3, 0.4) is 0 Å². The second kappa shape index (κ2) is 10.2. The number of amides is 2. The highest BCUT2D eigenvalue weighted by molar-refractivity contribution is 8.01. The molecule has 2 amide bonds. The zero-order valence-corrected chi connectivity index (χ0v) is 19.8. The Morgan fingerprint density at radius 1 is 0.844 bits per heavy atom. The number of hydrogen-bond acceptors (Lipinski definition) is 8. The minimum Gasteiger partial charge on any atom is -0.325 e. The number of carbonyl (C=O) groups is 2. The summed E-state index contributed by atoms with van der Waals surface area (Å²) in [5.41, 5.74) is 3.79. The third kappa shape index (κ3) is 5.87. The maximum Gasteiger partial charge on any atom is 0.236 e. The van der Waals surface area contributed by atoms with E-state index in [1.54, 1.807) is 4.52 Å². The van der Waals surface area contributed by atoms with Gasteiger partial charge in [-0.15, -0.1) is 15.3 Å². The Labute approximate surface area is 197 Å². The molecule has 2 N–H and O–H groups in total. The fourth-order valence-electron chi connectivity index (χ4n) is 2.66. The van der Waals surface area contributed by atoms with Crippen LogP contribution in [0.1, 0.15) is 11.1 Å². The molecule has 0 radical (unpaired) electrons. The molecule has 4 aromatic rings. The predicted octanol–water partition coefficient (Wildman–Crippen LogP) is 4.26. The molecule has 164 valence electrons. The van der Waals surface area contributed by atoms with Crippen molar-refractivity contribution < 1.29 is 9.59 Å². The lowest BCUT2D eigenvalue weighted by Gasteiger charge is -2.04. The smallest absolute Gasteiger partial charge is 0.236 e. The molecule has 2 aromatic carbocycles. The number of anilines is 2. The largest absolute Gasteiger partial charge is 0.325 e. The van der Waals surface area contributed by atoms with Gasteiger partial charge in [0.05, 0.1) is 11.5 Å². The summed E-state index contributed by atoms with van der Waals surface area (Å²) in [6.45, 7) is 3.99. The highest BCUT2D eigenvalue weighted by Gasteiger charge is 2.15. The summed E-state index contributed by atoms with van der Waals surface area (Å²) in [6, 6.07) is 15.3. The van der Waals surface area contributed by atoms with E-state index in [-0.39, 0.29) is 23.3 Å². The fourth-order valence-corrected chi connectivity index (χ4v) is 5.07. The van der Waals surface area contributed by atoms with Crippen molar-refractivity contribution in [3.8, 4) is 0 Å². The van der Waals surface area contributed by atoms with E-state index in [4.69, 9.17) is 0 Å². The molecule has 0 aliphatic carbocycles. The van der Waals surface area contributed by atoms with Crippen molar-refractivity contribution >= 4 is 63.0 Å². The number of hydrogen-bond donors (Lipinski definition) is 2. The van der Waals surface area contributed by atoms with Crippen molar-refractivity contribution in [2.24, 2.45) is 0 Å². The maximum atomic E-state index is 12.2. The highest BCUT2D eigenvalue weighted by atomic mass is 32.2. The van der Waals surface area contributed by atoms with Gasteiger partial charge >= 0.3 is 0 Å². The molecular formula is C21H20N6O2S3. The molecule has 0 aliphatic rings. The average molecular weight is 485 g/mol. The van der Waals surface area contributed by atoms with Crippen LogP contribution in [0.4, 0.5) is 11.4 Å². The van der Waals surface area contributed by atoms with Crippen molar-refractivity contribution in [1.29, 1.82) is 0 Å². The Bertz CT molecular complexity index is 1230. The third-order valence-electron chi connectivity index (χ3n) is 4.27. The molecule has 0 bridgehead atoms. The molecule has 32 heavy (non-hydrogen) atoms. The van der Waals surface area contributed by atoms with Crippen molar-refractivity contribution in [3.05, 3.63) is 59.7 Å². The van der Waals surface area contributed by atoms with E-state index in [1.807, 2.05) is 62.4 Å². The van der Waals surface area contributed by atoms with E-state index in [9.17, 15) is 9.59 Å². The van der Waals surface area contributed by atoms with Gasteiger partial charge in [-0.3, -0.25) is 9.59 Å². The molecule has 11 heteroatoms. The second-order valence-corrected chi connectivity index (χ2v) is 10.1. The highest BCUT2D eigenvalue weighted by Crippen LogP contribution is 2.27. The van der Waals surface area contributed by atoms with Crippen LogP contribution >= 0.6 is 34.9 Å². The lowest BCUT2D eigenvalue weighted by atomic mass is 10.2. The Balaban J connectivity index is 1.29. The van der Waals surface area contributed by atoms with Crippen LogP contribution in [-0.4, -0.2) is 43.1 Å². The van der Waals surface area contributed by atoms with Crippen LogP contribution in [-0.2, 0) is 9.59 Å². The second-order valence-electron chi connectivity index (χ2n) is 6.95. The molecule has 0 saturated carbocycles. The Morgan fingerprint density at radius 3 is 1.94 bits per heavy atom. The summed E-state index contributed by atoms with van der Waals surface area (Å²) in [5, 5.41) is 19.0. The van der Waals surface area contributed by atoms with Gasteiger partial charge in [-0.25, -0.2) is 0 Å². The zero-order valence-electron chi connectivity index (χ0n) is 17.4. The van der Waals surface area contributed by atoms with Crippen LogP contribution in [0.2, 0.25) is 0 Å². The first-order chi connectivity index (χ1) is 15.5. The Kier molecular flexibility index (Phi) is 7.08. The zero-order chi connectivity index (χ0) is 22.5. The molecule has 2 heterocycles. The van der Waals surface area contributed by atoms with E-state index < -0.39 is 0 Å². The van der Waals surface area contributed by atoms with E-state index in [0.717, 1.165) is 22.5 Å². The van der Waals surface area contributed by atoms with Crippen LogP contribution in [0.25, 0.3) is 4.96 Å². The maximum absolute atomic E-state index is 12.2. The minimum absolute atomic E-state index is 0.104. The summed E-state index contributed by atoms with van der Waals surface area (Å²) >= 11 is 3.95. The van der Waals surface area contributed by atoms with Gasteiger partial charge in [-0.2, -0.15) is 4.52 Å². The molecule has 0 atom stereocenters. The number of fused-ring (bicyclic) bond motifs is 1. The van der Waals surface area contributed by atoms with Gasteiger partial charge < -0.3 is 10.6 Å². The Morgan fingerprint density at radius 2 is 1.38 bits per heavy atom. The SMILES string of the molecule is Cc1ccc(NC(=O)CSc2nn3c(SCC(=O)Nc4ccc(C)cc4)nnc3s2)cc1. The van der Waals surface area contributed by atoms with Gasteiger partial charge in [0, 0.05) is 11.4 Å². The van der Waals surface area contributed by atoms with E-state index in [1.165, 1.54) is 34.9 Å². The van der Waals surface area contributed by atoms with E-state index in [0.29, 0.717) is 14.5 Å². The summed E-state index contributed by atoms with van der Waals surface area (Å²) < 4.78 is 2.31. The van der Waals surface area contributed by atoms with Crippen LogP contribution < -0.4 is 10.6 Å². The molecule has 8 nitrogen and oxygen atoms in total. The number of benzene rings is 2. The topological polar surface area (TPSA) is 101 Å². The number of carbonyl (C=O) groups excluding carboxylic acids is 2. The van der Waals surface area contributed by atoms with Gasteiger partial charge in [0.15, 0.2) is 4.34 Å². The molecule has 0 spiro atoms. The lowest BCUT2D eigenvalue weighted by Crippen LogP contribution is -2.14. The lowest BCUT2D eigenvalue weighted by molar-refractivity contribution is -0.114. The quantitative estimate of drug-likeness (QED) is 0.360. The number of nitrogens with one attached hydrogen (secondary N) is 2. The summed E-state index contributed by atoms with van der Waals surface area (Å²) in [5.74, 6) is 0.188. The van der Waals surface area contributed by atoms with Crippen LogP contribution in [0, 0.1) is 13.8 Å². The first-order valence-corrected chi connectivity index (χ1v) is 12.5. The number of rotatable bonds is 8. The summed E-state index contributed by atoms with van der Waals surface area (Å²) in [4.78, 5) is 25.0. The average Bonchev–Trinajstić information content (AvgIpc) is 3.35. The third-order valence-corrected chi connectivity index (χ3v) is 7.22. The molecule has 2 aromatic heterocycles. The van der Waals surface area contributed by atoms with E-state index in [2.05, 4.69) is 25.9 Å². The molecule has 0 aliphatic heterocycles. The molecule has 0 unspecified atom stereocenters. The van der Waals surface area contributed by atoms with Gasteiger partial charge in [-0.1, -0.05) is 70.3 Å². The normalized spacial score (nSPS) is 10.9. The first-order valence-electron chi connectivity index (χ1n) is 9.67. The number of aromatic nitrogens is 4. The molecule has 0 saturated heterocycles. The standard InChI is InChI=1S/C21H20N6O2S3/c1-13-3-7-15(8-4-13)22-17(28)11-30-19-24-25-20-27(19)26-21(32-20)31-12-18(29)23-16-9-5-14(2)6-10-16/h3-10H,11-12H2,1-2H3,(H,22,28)(H,23,29). The van der Waals surface area contributed by atoms with Gasteiger partial charge in [0.2, 0.25) is 21.9 Å². The summed E-state index contributed by atoms with van der Waals surface area (Å²) in [6.07, 6.45) is 0. The van der Waals surface area contributed by atoms with Crippen molar-refractivity contribution in [2.75, 3.05) is 22.1 Å². The monoisotopic (exact) mass is 484 g/mol. The van der Waals surface area contributed by atoms with Crippen molar-refractivity contribution in [1.82, 2.24) is 19.8 Å². The number of aryl methyl sites for hydroxylation is 2. The number of thioether (sulfide) groups is 2. The van der Waals surface area contributed by atoms with Gasteiger partial charge in [0.25, 0.3) is 0 Å². The van der Waals surface area contributed by atoms with Gasteiger partial charge in [0.1, 0.15) is 0 Å². The van der Waals surface area contributed by atoms with Crippen LogP contribution in [0.5, 0.6) is 0 Å². The molecule has 0 fully saturated rings. The predicted molar refractivity (Wildman–Crippen MR) is 130 cm³/mol. The van der Waals surface area contributed by atoms with Crippen molar-refractivity contribution in [3.63, 3.8) is 0 Å². The fraction of sp³-hybridized carbons (Fsp3) is 0.190. The number of nitrogens with zero attached hydrogens (tertiary/aromatic N) is 4. The Hall–Kier alpha value is -2.89. The first kappa shape index (κ1) is 22.3.